The number of likely N-dealkylation sites (N-methyl/N-ethyl adjacent to an activating group) is 1. The van der Waals surface area contributed by atoms with Crippen LogP contribution >= 0.6 is 22.9 Å². The zero-order valence-corrected chi connectivity index (χ0v) is 13.4. The number of thiazole rings is 1. The number of rotatable bonds is 5. The second kappa shape index (κ2) is 6.05. The van der Waals surface area contributed by atoms with Crippen molar-refractivity contribution in [3.8, 4) is 0 Å². The molecular formula is C11H18ClN3O2S2. The molecular weight excluding hydrogens is 306 g/mol. The van der Waals surface area contributed by atoms with Crippen LogP contribution in [0, 0.1) is 6.92 Å². The Morgan fingerprint density at radius 1 is 1.58 bits per heavy atom. The van der Waals surface area contributed by atoms with Gasteiger partial charge in [0.1, 0.15) is 0 Å². The fourth-order valence-corrected chi connectivity index (χ4v) is 5.27. The molecule has 2 heterocycles. The highest BCUT2D eigenvalue weighted by atomic mass is 35.5. The molecule has 1 N–H and O–H groups in total. The maximum atomic E-state index is 12.2. The van der Waals surface area contributed by atoms with Gasteiger partial charge in [-0.1, -0.05) is 29.9 Å². The van der Waals surface area contributed by atoms with E-state index >= 15 is 0 Å². The van der Waals surface area contributed by atoms with Gasteiger partial charge >= 0.3 is 0 Å². The number of nitrogens with zero attached hydrogens (tertiary/aromatic N) is 2. The third-order valence-corrected chi connectivity index (χ3v) is 6.68. The first-order chi connectivity index (χ1) is 8.94. The summed E-state index contributed by atoms with van der Waals surface area (Å²) in [5, 5.41) is 0. The van der Waals surface area contributed by atoms with E-state index in [1.165, 1.54) is 0 Å². The van der Waals surface area contributed by atoms with Gasteiger partial charge in [0.2, 0.25) is 0 Å². The third-order valence-electron chi connectivity index (χ3n) is 3.39. The zero-order chi connectivity index (χ0) is 14.0. The number of likely N-dealkylation sites (tertiary alicyclic amines) is 1. The Morgan fingerprint density at radius 3 is 2.89 bits per heavy atom. The van der Waals surface area contributed by atoms with Crippen LogP contribution in [0.3, 0.4) is 0 Å². The molecule has 0 spiro atoms. The van der Waals surface area contributed by atoms with E-state index in [2.05, 4.69) is 21.5 Å². The van der Waals surface area contributed by atoms with Crippen molar-refractivity contribution in [1.82, 2.24) is 14.6 Å². The van der Waals surface area contributed by atoms with Gasteiger partial charge in [-0.15, -0.1) is 0 Å². The molecule has 1 aliphatic heterocycles. The Balaban J connectivity index is 2.04. The van der Waals surface area contributed by atoms with Crippen LogP contribution in [0.2, 0.25) is 4.47 Å². The predicted octanol–water partition coefficient (Wildman–Crippen LogP) is 1.87. The van der Waals surface area contributed by atoms with Crippen molar-refractivity contribution in [1.29, 1.82) is 0 Å². The topological polar surface area (TPSA) is 62.3 Å². The van der Waals surface area contributed by atoms with Gasteiger partial charge in [0.05, 0.1) is 5.69 Å². The van der Waals surface area contributed by atoms with E-state index in [0.29, 0.717) is 18.3 Å². The van der Waals surface area contributed by atoms with Crippen LogP contribution in [0.25, 0.3) is 0 Å². The molecule has 5 nitrogen and oxygen atoms in total. The van der Waals surface area contributed by atoms with E-state index in [1.807, 2.05) is 0 Å². The molecule has 8 heteroatoms. The Bertz CT molecular complexity index is 544. The van der Waals surface area contributed by atoms with Crippen molar-refractivity contribution in [3.63, 3.8) is 0 Å². The van der Waals surface area contributed by atoms with Gasteiger partial charge in [-0.2, -0.15) is 0 Å². The van der Waals surface area contributed by atoms with Crippen LogP contribution < -0.4 is 4.72 Å². The van der Waals surface area contributed by atoms with E-state index in [1.54, 1.807) is 6.92 Å². The molecule has 1 aromatic heterocycles. The first-order valence-electron chi connectivity index (χ1n) is 6.30. The Hall–Kier alpha value is -0.210. The summed E-state index contributed by atoms with van der Waals surface area (Å²) in [6, 6.07) is 0.295. The highest BCUT2D eigenvalue weighted by molar-refractivity contribution is 7.91. The van der Waals surface area contributed by atoms with Gasteiger partial charge < -0.3 is 0 Å². The van der Waals surface area contributed by atoms with Crippen molar-refractivity contribution >= 4 is 33.0 Å². The summed E-state index contributed by atoms with van der Waals surface area (Å²) in [6.45, 7) is 6.21. The minimum Gasteiger partial charge on any atom is -0.299 e. The Kier molecular flexibility index (Phi) is 4.84. The van der Waals surface area contributed by atoms with Gasteiger partial charge in [0, 0.05) is 12.6 Å². The molecule has 2 rings (SSSR count). The van der Waals surface area contributed by atoms with E-state index in [4.69, 9.17) is 11.6 Å². The van der Waals surface area contributed by atoms with E-state index in [0.717, 1.165) is 37.3 Å². The van der Waals surface area contributed by atoms with Crippen molar-refractivity contribution in [2.75, 3.05) is 19.6 Å². The Labute approximate surface area is 123 Å². The molecule has 1 atom stereocenters. The number of nitrogens with one attached hydrogen (secondary N) is 1. The van der Waals surface area contributed by atoms with Crippen molar-refractivity contribution in [2.45, 2.75) is 36.9 Å². The average Bonchev–Trinajstić information content (AvgIpc) is 2.93. The molecule has 0 radical (unpaired) electrons. The minimum atomic E-state index is -3.49. The number of sulfonamides is 1. The molecule has 0 aromatic carbocycles. The predicted molar refractivity (Wildman–Crippen MR) is 77.3 cm³/mol. The molecule has 1 saturated heterocycles. The lowest BCUT2D eigenvalue weighted by atomic mass is 10.2. The lowest BCUT2D eigenvalue weighted by Crippen LogP contribution is -2.39. The molecule has 0 aliphatic carbocycles. The van der Waals surface area contributed by atoms with Crippen LogP contribution in [-0.4, -0.2) is 44.0 Å². The first-order valence-corrected chi connectivity index (χ1v) is 8.98. The van der Waals surface area contributed by atoms with E-state index < -0.39 is 10.0 Å². The summed E-state index contributed by atoms with van der Waals surface area (Å²) in [5.74, 6) is 0. The van der Waals surface area contributed by atoms with Gasteiger partial charge in [-0.05, 0) is 32.9 Å². The fraction of sp³-hybridized carbons (Fsp3) is 0.727. The summed E-state index contributed by atoms with van der Waals surface area (Å²) in [5.41, 5.74) is 0.460. The number of aryl methyl sites for hydroxylation is 1. The first kappa shape index (κ1) is 15.2. The minimum absolute atomic E-state index is 0.221. The number of hydrogen-bond donors (Lipinski definition) is 1. The Morgan fingerprint density at radius 2 is 2.32 bits per heavy atom. The second-order valence-corrected chi connectivity index (χ2v) is 8.16. The SMILES string of the molecule is CCN1CCCC1CNS(=O)(=O)c1sc(Cl)nc1C. The summed E-state index contributed by atoms with van der Waals surface area (Å²) >= 11 is 6.75. The highest BCUT2D eigenvalue weighted by Gasteiger charge is 2.27. The van der Waals surface area contributed by atoms with Crippen molar-refractivity contribution in [3.05, 3.63) is 10.2 Å². The number of hydrogen-bond acceptors (Lipinski definition) is 5. The van der Waals surface area contributed by atoms with Crippen LogP contribution in [0.1, 0.15) is 25.5 Å². The quantitative estimate of drug-likeness (QED) is 0.898. The van der Waals surface area contributed by atoms with Gasteiger partial charge in [0.15, 0.2) is 8.68 Å². The molecule has 1 aromatic rings. The molecule has 1 unspecified atom stereocenters. The summed E-state index contributed by atoms with van der Waals surface area (Å²) in [4.78, 5) is 6.24. The van der Waals surface area contributed by atoms with Crippen LogP contribution in [0.15, 0.2) is 4.21 Å². The molecule has 1 aliphatic rings. The standard InChI is InChI=1S/C11H18ClN3O2S2/c1-3-15-6-4-5-9(15)7-13-19(16,17)10-8(2)14-11(12)18-10/h9,13H,3-7H2,1-2H3. The molecule has 0 bridgehead atoms. The normalized spacial score (nSPS) is 21.1. The van der Waals surface area contributed by atoms with Crippen LogP contribution in [0.5, 0.6) is 0 Å². The highest BCUT2D eigenvalue weighted by Crippen LogP contribution is 2.26. The van der Waals surface area contributed by atoms with Gasteiger partial charge in [-0.3, -0.25) is 4.90 Å². The smallest absolute Gasteiger partial charge is 0.252 e. The van der Waals surface area contributed by atoms with Crippen LogP contribution in [-0.2, 0) is 10.0 Å². The van der Waals surface area contributed by atoms with Crippen LogP contribution in [0.4, 0.5) is 0 Å². The molecule has 0 saturated carbocycles. The maximum absolute atomic E-state index is 12.2. The lowest BCUT2D eigenvalue weighted by molar-refractivity contribution is 0.268. The lowest BCUT2D eigenvalue weighted by Gasteiger charge is -2.22. The maximum Gasteiger partial charge on any atom is 0.252 e. The summed E-state index contributed by atoms with van der Waals surface area (Å²) < 4.78 is 27.6. The van der Waals surface area contributed by atoms with E-state index in [-0.39, 0.29) is 8.68 Å². The second-order valence-electron chi connectivity index (χ2n) is 4.62. The molecule has 19 heavy (non-hydrogen) atoms. The van der Waals surface area contributed by atoms with Crippen molar-refractivity contribution in [2.24, 2.45) is 0 Å². The zero-order valence-electron chi connectivity index (χ0n) is 11.0. The monoisotopic (exact) mass is 323 g/mol. The molecule has 1 fully saturated rings. The largest absolute Gasteiger partial charge is 0.299 e. The molecule has 0 amide bonds. The summed E-state index contributed by atoms with van der Waals surface area (Å²) in [7, 11) is -3.49. The molecule has 108 valence electrons. The fourth-order valence-electron chi connectivity index (χ4n) is 2.41. The van der Waals surface area contributed by atoms with Gasteiger partial charge in [-0.25, -0.2) is 18.1 Å². The van der Waals surface area contributed by atoms with Gasteiger partial charge in [0.25, 0.3) is 10.0 Å². The van der Waals surface area contributed by atoms with E-state index in [9.17, 15) is 8.42 Å². The third kappa shape index (κ3) is 3.46. The van der Waals surface area contributed by atoms with Crippen molar-refractivity contribution < 1.29 is 8.42 Å². The summed E-state index contributed by atoms with van der Waals surface area (Å²) in [6.07, 6.45) is 2.17. The number of halogens is 1. The number of aromatic nitrogens is 1. The average molecular weight is 324 g/mol.